The number of nitrogens with zero attached hydrogens (tertiary/aromatic N) is 1. The third-order valence-corrected chi connectivity index (χ3v) is 5.20. The molecule has 3 rings (SSSR count). The fourth-order valence-corrected chi connectivity index (χ4v) is 3.49. The van der Waals surface area contributed by atoms with E-state index in [4.69, 9.17) is 9.47 Å². The molecule has 0 saturated carbocycles. The van der Waals surface area contributed by atoms with Gasteiger partial charge in [-0.25, -0.2) is 4.98 Å². The number of carbonyl (C=O) groups is 1. The van der Waals surface area contributed by atoms with Crippen LogP contribution in [0.25, 0.3) is 17.3 Å². The summed E-state index contributed by atoms with van der Waals surface area (Å²) in [5.41, 5.74) is 3.91. The Kier molecular flexibility index (Phi) is 6.67. The van der Waals surface area contributed by atoms with Crippen LogP contribution in [0.2, 0.25) is 0 Å². The van der Waals surface area contributed by atoms with E-state index >= 15 is 0 Å². The van der Waals surface area contributed by atoms with Crippen LogP contribution >= 0.6 is 11.3 Å². The molecule has 0 radical (unpaired) electrons. The Morgan fingerprint density at radius 1 is 1.07 bits per heavy atom. The van der Waals surface area contributed by atoms with E-state index in [2.05, 4.69) is 36.3 Å². The largest absolute Gasteiger partial charge is 0.493 e. The number of hydrogen-bond acceptors (Lipinski definition) is 5. The highest BCUT2D eigenvalue weighted by Gasteiger charge is 2.10. The van der Waals surface area contributed by atoms with E-state index in [1.54, 1.807) is 20.3 Å². The number of nitrogens with one attached hydrogen (secondary N) is 1. The highest BCUT2D eigenvalue weighted by molar-refractivity contribution is 7.14. The van der Waals surface area contributed by atoms with E-state index in [9.17, 15) is 4.79 Å². The van der Waals surface area contributed by atoms with Crippen molar-refractivity contribution in [3.63, 3.8) is 0 Å². The van der Waals surface area contributed by atoms with Crippen molar-refractivity contribution < 1.29 is 14.3 Å². The van der Waals surface area contributed by atoms with E-state index in [1.165, 1.54) is 23.0 Å². The van der Waals surface area contributed by atoms with Gasteiger partial charge in [0.1, 0.15) is 0 Å². The predicted molar refractivity (Wildman–Crippen MR) is 119 cm³/mol. The Balaban J connectivity index is 1.66. The summed E-state index contributed by atoms with van der Waals surface area (Å²) >= 11 is 1.37. The van der Waals surface area contributed by atoms with Gasteiger partial charge in [-0.05, 0) is 41.3 Å². The number of thiazole rings is 1. The molecule has 0 spiro atoms. The Labute approximate surface area is 175 Å². The second kappa shape index (κ2) is 9.39. The molecule has 1 aromatic heterocycles. The fraction of sp³-hybridized carbons (Fsp3) is 0.217. The minimum Gasteiger partial charge on any atom is -0.493 e. The zero-order valence-electron chi connectivity index (χ0n) is 16.9. The van der Waals surface area contributed by atoms with Crippen molar-refractivity contribution in [2.45, 2.75) is 19.8 Å². The van der Waals surface area contributed by atoms with Gasteiger partial charge in [-0.1, -0.05) is 38.1 Å². The van der Waals surface area contributed by atoms with Crippen LogP contribution in [-0.2, 0) is 4.79 Å². The summed E-state index contributed by atoms with van der Waals surface area (Å²) in [6.07, 6.45) is 3.31. The van der Waals surface area contributed by atoms with Gasteiger partial charge in [0.15, 0.2) is 16.6 Å². The third kappa shape index (κ3) is 5.23. The van der Waals surface area contributed by atoms with Crippen molar-refractivity contribution in [1.82, 2.24) is 4.98 Å². The first kappa shape index (κ1) is 20.6. The molecule has 0 aliphatic carbocycles. The fourth-order valence-electron chi connectivity index (χ4n) is 2.77. The Morgan fingerprint density at radius 3 is 2.45 bits per heavy atom. The minimum atomic E-state index is -0.217. The molecular formula is C23H24N2O3S. The SMILES string of the molecule is COc1ccc(-c2csc(NC(=O)C=Cc3ccc(C(C)C)cc3)n2)cc1OC. The summed E-state index contributed by atoms with van der Waals surface area (Å²) in [6.45, 7) is 4.31. The average molecular weight is 409 g/mol. The lowest BCUT2D eigenvalue weighted by molar-refractivity contribution is -0.111. The second-order valence-corrected chi connectivity index (χ2v) is 7.61. The van der Waals surface area contributed by atoms with Crippen LogP contribution < -0.4 is 14.8 Å². The van der Waals surface area contributed by atoms with Gasteiger partial charge in [-0.15, -0.1) is 11.3 Å². The smallest absolute Gasteiger partial charge is 0.250 e. The van der Waals surface area contributed by atoms with Crippen molar-refractivity contribution in [2.75, 3.05) is 19.5 Å². The molecule has 0 aliphatic heterocycles. The maximum absolute atomic E-state index is 12.2. The number of benzene rings is 2. The zero-order chi connectivity index (χ0) is 20.8. The van der Waals surface area contributed by atoms with Crippen LogP contribution in [0.4, 0.5) is 5.13 Å². The number of ether oxygens (including phenoxy) is 2. The van der Waals surface area contributed by atoms with E-state index < -0.39 is 0 Å². The molecule has 0 unspecified atom stereocenters. The molecule has 150 valence electrons. The van der Waals surface area contributed by atoms with Crippen molar-refractivity contribution in [1.29, 1.82) is 0 Å². The Morgan fingerprint density at radius 2 is 1.79 bits per heavy atom. The van der Waals surface area contributed by atoms with Gasteiger partial charge < -0.3 is 9.47 Å². The monoisotopic (exact) mass is 408 g/mol. The van der Waals surface area contributed by atoms with Gasteiger partial charge in [-0.2, -0.15) is 0 Å². The van der Waals surface area contributed by atoms with E-state index in [0.717, 1.165) is 16.8 Å². The average Bonchev–Trinajstić information content (AvgIpc) is 3.20. The number of amides is 1. The van der Waals surface area contributed by atoms with Gasteiger partial charge in [0.25, 0.3) is 0 Å². The maximum Gasteiger partial charge on any atom is 0.250 e. The third-order valence-electron chi connectivity index (χ3n) is 4.44. The maximum atomic E-state index is 12.2. The molecule has 1 amide bonds. The molecule has 1 heterocycles. The highest BCUT2D eigenvalue weighted by atomic mass is 32.1. The Bertz CT molecular complexity index is 1010. The molecule has 3 aromatic rings. The van der Waals surface area contributed by atoms with Crippen molar-refractivity contribution >= 4 is 28.5 Å². The van der Waals surface area contributed by atoms with E-state index in [-0.39, 0.29) is 5.91 Å². The first-order valence-corrected chi connectivity index (χ1v) is 10.1. The van der Waals surface area contributed by atoms with Gasteiger partial charge >= 0.3 is 0 Å². The summed E-state index contributed by atoms with van der Waals surface area (Å²) in [5.74, 6) is 1.56. The summed E-state index contributed by atoms with van der Waals surface area (Å²) in [7, 11) is 3.19. The van der Waals surface area contributed by atoms with Crippen molar-refractivity contribution in [3.8, 4) is 22.8 Å². The summed E-state index contributed by atoms with van der Waals surface area (Å²) in [4.78, 5) is 16.7. The quantitative estimate of drug-likeness (QED) is 0.517. The van der Waals surface area contributed by atoms with Crippen LogP contribution in [0.15, 0.2) is 53.9 Å². The van der Waals surface area contributed by atoms with Gasteiger partial charge in [0, 0.05) is 17.0 Å². The number of carbonyl (C=O) groups excluding carboxylic acids is 1. The lowest BCUT2D eigenvalue weighted by Gasteiger charge is -2.08. The molecule has 0 atom stereocenters. The van der Waals surface area contributed by atoms with Crippen LogP contribution in [0, 0.1) is 0 Å². The zero-order valence-corrected chi connectivity index (χ0v) is 17.7. The normalized spacial score (nSPS) is 11.1. The van der Waals surface area contributed by atoms with Crippen LogP contribution in [-0.4, -0.2) is 25.1 Å². The van der Waals surface area contributed by atoms with E-state index in [1.807, 2.05) is 35.7 Å². The topological polar surface area (TPSA) is 60.5 Å². The molecule has 5 nitrogen and oxygen atoms in total. The predicted octanol–water partition coefficient (Wildman–Crippen LogP) is 5.60. The molecule has 0 bridgehead atoms. The van der Waals surface area contributed by atoms with Crippen LogP contribution in [0.5, 0.6) is 11.5 Å². The molecule has 0 aliphatic rings. The number of aromatic nitrogens is 1. The first-order chi connectivity index (χ1) is 14.0. The molecule has 6 heteroatoms. The van der Waals surface area contributed by atoms with Crippen LogP contribution in [0.3, 0.4) is 0 Å². The number of anilines is 1. The van der Waals surface area contributed by atoms with Crippen molar-refractivity contribution in [3.05, 3.63) is 65.0 Å². The standard InChI is InChI=1S/C23H24N2O3S/c1-15(2)17-8-5-16(6-9-17)7-12-22(26)25-23-24-19(14-29-23)18-10-11-20(27-3)21(13-18)28-4/h5-15H,1-4H3,(H,24,25,26). The lowest BCUT2D eigenvalue weighted by atomic mass is 10.0. The molecule has 0 saturated heterocycles. The van der Waals surface area contributed by atoms with Crippen LogP contribution in [0.1, 0.15) is 30.9 Å². The lowest BCUT2D eigenvalue weighted by Crippen LogP contribution is -2.07. The summed E-state index contributed by atoms with van der Waals surface area (Å²) < 4.78 is 10.6. The first-order valence-electron chi connectivity index (χ1n) is 9.27. The molecule has 29 heavy (non-hydrogen) atoms. The van der Waals surface area contributed by atoms with Gasteiger partial charge in [0.05, 0.1) is 19.9 Å². The molecule has 0 fully saturated rings. The number of methoxy groups -OCH3 is 2. The van der Waals surface area contributed by atoms with Gasteiger partial charge in [0.2, 0.25) is 5.91 Å². The minimum absolute atomic E-state index is 0.217. The summed E-state index contributed by atoms with van der Waals surface area (Å²) in [5, 5.41) is 5.24. The Hall–Kier alpha value is -3.12. The highest BCUT2D eigenvalue weighted by Crippen LogP contribution is 2.33. The second-order valence-electron chi connectivity index (χ2n) is 6.75. The van der Waals surface area contributed by atoms with E-state index in [0.29, 0.717) is 22.5 Å². The number of hydrogen-bond donors (Lipinski definition) is 1. The summed E-state index contributed by atoms with van der Waals surface area (Å²) in [6, 6.07) is 13.8. The van der Waals surface area contributed by atoms with Gasteiger partial charge in [-0.3, -0.25) is 10.1 Å². The molecular weight excluding hydrogens is 384 g/mol. The van der Waals surface area contributed by atoms with Crippen molar-refractivity contribution in [2.24, 2.45) is 0 Å². The molecule has 2 aromatic carbocycles. The number of rotatable bonds is 7. The molecule has 1 N–H and O–H groups in total.